The molecule has 0 spiro atoms. The lowest BCUT2D eigenvalue weighted by molar-refractivity contribution is -0.110. The maximum absolute atomic E-state index is 12.1. The average molecular weight is 384 g/mol. The molecule has 0 aliphatic carbocycles. The first-order valence-electron chi connectivity index (χ1n) is 6.90. The van der Waals surface area contributed by atoms with E-state index in [1.165, 1.54) is 36.5 Å². The van der Waals surface area contributed by atoms with Crippen molar-refractivity contribution in [2.45, 2.75) is 6.61 Å². The maximum atomic E-state index is 12.1. The van der Waals surface area contributed by atoms with Crippen molar-refractivity contribution >= 4 is 46.7 Å². The number of carbonyl (C=O) groups excluding carboxylic acids is 1. The molecule has 0 radical (unpaired) electrons. The Balaban J connectivity index is 1.81. The van der Waals surface area contributed by atoms with E-state index in [0.29, 0.717) is 26.9 Å². The predicted molar refractivity (Wildman–Crippen MR) is 92.3 cm³/mol. The van der Waals surface area contributed by atoms with E-state index in [0.717, 1.165) is 0 Å². The van der Waals surface area contributed by atoms with Gasteiger partial charge in [0.2, 0.25) is 0 Å². The van der Waals surface area contributed by atoms with Gasteiger partial charge in [0, 0.05) is 10.6 Å². The summed E-state index contributed by atoms with van der Waals surface area (Å²) in [5.74, 6) is -0.413. The van der Waals surface area contributed by atoms with Crippen molar-refractivity contribution in [3.05, 3.63) is 57.6 Å². The first-order chi connectivity index (χ1) is 11.9. The fourth-order valence-corrected chi connectivity index (χ4v) is 2.71. The summed E-state index contributed by atoms with van der Waals surface area (Å²) in [5, 5.41) is 11.0. The molecule has 0 saturated heterocycles. The topological polar surface area (TPSA) is 63.0 Å². The fourth-order valence-electron chi connectivity index (χ4n) is 2.17. The standard InChI is InChI=1S/C16H9Cl2F2N3O2/c17-9-5-11-13(12(18)6-9)22-15(24)14(11)23-21-7-8-1-3-10(4-2-8)25-16(19)20/h1-7,16H,(H,22,23,24)/b21-7+. The lowest BCUT2D eigenvalue weighted by Gasteiger charge is -2.03. The molecule has 1 N–H and O–H groups in total. The molecule has 2 aromatic rings. The molecule has 2 aromatic carbocycles. The third-order valence-electron chi connectivity index (χ3n) is 3.23. The Kier molecular flexibility index (Phi) is 4.96. The normalized spacial score (nSPS) is 15.1. The van der Waals surface area contributed by atoms with Gasteiger partial charge in [0.05, 0.1) is 16.9 Å². The van der Waals surface area contributed by atoms with Crippen LogP contribution >= 0.6 is 23.2 Å². The number of alkyl halides is 2. The Labute approximate surface area is 150 Å². The molecule has 5 nitrogen and oxygen atoms in total. The van der Waals surface area contributed by atoms with E-state index in [9.17, 15) is 13.6 Å². The van der Waals surface area contributed by atoms with Gasteiger partial charge < -0.3 is 10.1 Å². The van der Waals surface area contributed by atoms with Gasteiger partial charge >= 0.3 is 6.61 Å². The van der Waals surface area contributed by atoms with E-state index in [1.807, 2.05) is 0 Å². The molecule has 1 aliphatic heterocycles. The first kappa shape index (κ1) is 17.3. The molecular weight excluding hydrogens is 375 g/mol. The quantitative estimate of drug-likeness (QED) is 0.629. The number of nitrogens with zero attached hydrogens (tertiary/aromatic N) is 2. The molecule has 0 unspecified atom stereocenters. The summed E-state index contributed by atoms with van der Waals surface area (Å²) in [4.78, 5) is 12.0. The van der Waals surface area contributed by atoms with Crippen LogP contribution in [0.25, 0.3) is 0 Å². The minimum atomic E-state index is -2.88. The highest BCUT2D eigenvalue weighted by atomic mass is 35.5. The van der Waals surface area contributed by atoms with Crippen LogP contribution in [-0.2, 0) is 4.79 Å². The number of amides is 1. The summed E-state index contributed by atoms with van der Waals surface area (Å²) < 4.78 is 28.4. The summed E-state index contributed by atoms with van der Waals surface area (Å²) in [7, 11) is 0. The van der Waals surface area contributed by atoms with E-state index >= 15 is 0 Å². The van der Waals surface area contributed by atoms with Gasteiger partial charge in [-0.1, -0.05) is 23.2 Å². The molecule has 1 heterocycles. The number of benzene rings is 2. The number of nitrogens with one attached hydrogen (secondary N) is 1. The zero-order chi connectivity index (χ0) is 18.0. The van der Waals surface area contributed by atoms with Crippen molar-refractivity contribution in [2.24, 2.45) is 10.2 Å². The lowest BCUT2D eigenvalue weighted by atomic mass is 10.1. The Hall–Kier alpha value is -2.51. The number of fused-ring (bicyclic) bond motifs is 1. The number of hydrogen-bond acceptors (Lipinski definition) is 4. The van der Waals surface area contributed by atoms with Gasteiger partial charge in [-0.05, 0) is 42.0 Å². The Morgan fingerprint density at radius 2 is 1.88 bits per heavy atom. The zero-order valence-electron chi connectivity index (χ0n) is 12.3. The number of anilines is 1. The molecule has 3 rings (SSSR count). The summed E-state index contributed by atoms with van der Waals surface area (Å²) in [6.07, 6.45) is 1.37. The van der Waals surface area contributed by atoms with Gasteiger partial charge in [-0.25, -0.2) is 0 Å². The molecule has 128 valence electrons. The lowest BCUT2D eigenvalue weighted by Crippen LogP contribution is -2.13. The van der Waals surface area contributed by atoms with Crippen LogP contribution in [0.1, 0.15) is 11.1 Å². The highest BCUT2D eigenvalue weighted by molar-refractivity contribution is 6.56. The predicted octanol–water partition coefficient (Wildman–Crippen LogP) is 4.37. The summed E-state index contributed by atoms with van der Waals surface area (Å²) in [5.41, 5.74) is 1.56. The van der Waals surface area contributed by atoms with Crippen molar-refractivity contribution in [1.29, 1.82) is 0 Å². The monoisotopic (exact) mass is 383 g/mol. The van der Waals surface area contributed by atoms with Crippen LogP contribution in [0.15, 0.2) is 46.6 Å². The largest absolute Gasteiger partial charge is 0.435 e. The SMILES string of the molecule is O=C1Nc2c(Cl)cc(Cl)cc2/C1=N\N=C\c1ccc(OC(F)F)cc1. The minimum Gasteiger partial charge on any atom is -0.435 e. The number of hydrogen-bond donors (Lipinski definition) is 1. The van der Waals surface area contributed by atoms with E-state index < -0.39 is 12.5 Å². The van der Waals surface area contributed by atoms with Crippen molar-refractivity contribution in [3.63, 3.8) is 0 Å². The Morgan fingerprint density at radius 3 is 2.56 bits per heavy atom. The van der Waals surface area contributed by atoms with Crippen LogP contribution in [0.4, 0.5) is 14.5 Å². The molecule has 25 heavy (non-hydrogen) atoms. The molecule has 0 bridgehead atoms. The van der Waals surface area contributed by atoms with Crippen LogP contribution in [-0.4, -0.2) is 24.4 Å². The number of halogens is 4. The summed E-state index contributed by atoms with van der Waals surface area (Å²) in [6.45, 7) is -2.88. The summed E-state index contributed by atoms with van der Waals surface area (Å²) >= 11 is 12.0. The number of rotatable bonds is 4. The van der Waals surface area contributed by atoms with Crippen LogP contribution in [0.2, 0.25) is 10.0 Å². The smallest absolute Gasteiger partial charge is 0.387 e. The van der Waals surface area contributed by atoms with Gasteiger partial charge in [-0.2, -0.15) is 13.9 Å². The highest BCUT2D eigenvalue weighted by Gasteiger charge is 2.28. The van der Waals surface area contributed by atoms with Crippen molar-refractivity contribution in [3.8, 4) is 5.75 Å². The highest BCUT2D eigenvalue weighted by Crippen LogP contribution is 2.34. The molecule has 9 heteroatoms. The summed E-state index contributed by atoms with van der Waals surface area (Å²) in [6, 6.07) is 8.87. The minimum absolute atomic E-state index is 0.0341. The van der Waals surface area contributed by atoms with Gasteiger partial charge in [0.15, 0.2) is 5.71 Å². The van der Waals surface area contributed by atoms with Gasteiger partial charge in [0.25, 0.3) is 5.91 Å². The van der Waals surface area contributed by atoms with Crippen LogP contribution < -0.4 is 10.1 Å². The fraction of sp³-hybridized carbons (Fsp3) is 0.0625. The Bertz CT molecular complexity index is 884. The van der Waals surface area contributed by atoms with Crippen LogP contribution in [0.5, 0.6) is 5.75 Å². The van der Waals surface area contributed by atoms with E-state index in [1.54, 1.807) is 6.07 Å². The van der Waals surface area contributed by atoms with Gasteiger partial charge in [0.1, 0.15) is 5.75 Å². The van der Waals surface area contributed by atoms with Crippen molar-refractivity contribution in [1.82, 2.24) is 0 Å². The molecule has 1 aliphatic rings. The molecule has 0 aromatic heterocycles. The number of ether oxygens (including phenoxy) is 1. The van der Waals surface area contributed by atoms with Gasteiger partial charge in [-0.3, -0.25) is 4.79 Å². The third kappa shape index (κ3) is 3.94. The van der Waals surface area contributed by atoms with Crippen molar-refractivity contribution < 1.29 is 18.3 Å². The van der Waals surface area contributed by atoms with Crippen LogP contribution in [0, 0.1) is 0 Å². The molecular formula is C16H9Cl2F2N3O2. The maximum Gasteiger partial charge on any atom is 0.387 e. The second-order valence-electron chi connectivity index (χ2n) is 4.91. The second-order valence-corrected chi connectivity index (χ2v) is 5.75. The van der Waals surface area contributed by atoms with E-state index in [2.05, 4.69) is 20.3 Å². The molecule has 0 saturated carbocycles. The molecule has 0 atom stereocenters. The molecule has 0 fully saturated rings. The van der Waals surface area contributed by atoms with Gasteiger partial charge in [-0.15, -0.1) is 5.10 Å². The van der Waals surface area contributed by atoms with E-state index in [4.69, 9.17) is 23.2 Å². The Morgan fingerprint density at radius 1 is 1.16 bits per heavy atom. The number of carbonyl (C=O) groups is 1. The molecule has 1 amide bonds. The van der Waals surface area contributed by atoms with Crippen LogP contribution in [0.3, 0.4) is 0 Å². The first-order valence-corrected chi connectivity index (χ1v) is 7.66. The van der Waals surface area contributed by atoms with Crippen molar-refractivity contribution in [2.75, 3.05) is 5.32 Å². The average Bonchev–Trinajstić information content (AvgIpc) is 2.85. The van der Waals surface area contributed by atoms with E-state index in [-0.39, 0.29) is 11.5 Å². The second kappa shape index (κ2) is 7.16. The third-order valence-corrected chi connectivity index (χ3v) is 3.75. The zero-order valence-corrected chi connectivity index (χ0v) is 13.9.